The lowest BCUT2D eigenvalue weighted by molar-refractivity contribution is -0.126. The van der Waals surface area contributed by atoms with Crippen molar-refractivity contribution >= 4 is 34.4 Å². The molecule has 0 bridgehead atoms. The zero-order chi connectivity index (χ0) is 18.8. The lowest BCUT2D eigenvalue weighted by atomic mass is 9.98. The van der Waals surface area contributed by atoms with Crippen LogP contribution in [0.25, 0.3) is 0 Å². The average molecular weight is 365 g/mol. The summed E-state index contributed by atoms with van der Waals surface area (Å²) in [6.45, 7) is 7.93. The molecule has 6 heteroatoms. The van der Waals surface area contributed by atoms with E-state index in [1.165, 1.54) is 0 Å². The number of amides is 2. The number of carbonyl (C=O) groups is 3. The van der Waals surface area contributed by atoms with Gasteiger partial charge in [0.15, 0.2) is 0 Å². The second-order valence-corrected chi connectivity index (χ2v) is 7.50. The molecule has 0 heterocycles. The molecule has 1 rings (SSSR count). The molecule has 138 valence electrons. The maximum Gasteiger partial charge on any atom is 0.234 e. The number of rotatable bonds is 9. The largest absolute Gasteiger partial charge is 0.348 e. The third kappa shape index (κ3) is 8.20. The molecule has 0 spiro atoms. The molecule has 0 unspecified atom stereocenters. The van der Waals surface area contributed by atoms with Crippen molar-refractivity contribution in [2.75, 3.05) is 17.6 Å². The monoisotopic (exact) mass is 364 g/mol. The zero-order valence-corrected chi connectivity index (χ0v) is 16.2. The Morgan fingerprint density at radius 1 is 1.12 bits per heavy atom. The highest BCUT2D eigenvalue weighted by Gasteiger charge is 2.16. The summed E-state index contributed by atoms with van der Waals surface area (Å²) in [5.41, 5.74) is 1.83. The number of benzene rings is 1. The topological polar surface area (TPSA) is 75.3 Å². The van der Waals surface area contributed by atoms with Crippen LogP contribution >= 0.6 is 11.8 Å². The van der Waals surface area contributed by atoms with E-state index >= 15 is 0 Å². The quantitative estimate of drug-likeness (QED) is 0.705. The Labute approximate surface area is 154 Å². The van der Waals surface area contributed by atoms with E-state index in [0.29, 0.717) is 5.92 Å². The fourth-order valence-corrected chi connectivity index (χ4v) is 3.02. The molecule has 2 N–H and O–H groups in total. The predicted molar refractivity (Wildman–Crippen MR) is 104 cm³/mol. The van der Waals surface area contributed by atoms with Crippen LogP contribution in [0.5, 0.6) is 0 Å². The number of para-hydroxylation sites is 1. The average Bonchev–Trinajstić information content (AvgIpc) is 2.57. The summed E-state index contributed by atoms with van der Waals surface area (Å²) in [6, 6.07) is 7.60. The van der Waals surface area contributed by atoms with Crippen LogP contribution in [0.15, 0.2) is 24.3 Å². The molecule has 1 aromatic rings. The van der Waals surface area contributed by atoms with Gasteiger partial charge in [0.2, 0.25) is 16.9 Å². The molecule has 0 aliphatic heterocycles. The number of hydrogen-bond donors (Lipinski definition) is 2. The molecule has 0 aromatic heterocycles. The van der Waals surface area contributed by atoms with Gasteiger partial charge in [-0.2, -0.15) is 0 Å². The van der Waals surface area contributed by atoms with Crippen LogP contribution in [0, 0.1) is 11.8 Å². The summed E-state index contributed by atoms with van der Waals surface area (Å²) in [5, 5.41) is 5.24. The Bertz CT molecular complexity index is 602. The van der Waals surface area contributed by atoms with Gasteiger partial charge < -0.3 is 10.6 Å². The first-order chi connectivity index (χ1) is 11.8. The molecule has 0 aliphatic rings. The van der Waals surface area contributed by atoms with E-state index in [-0.39, 0.29) is 35.1 Å². The highest BCUT2D eigenvalue weighted by molar-refractivity contribution is 8.14. The van der Waals surface area contributed by atoms with Crippen LogP contribution in [0.1, 0.15) is 39.7 Å². The molecule has 2 amide bonds. The summed E-state index contributed by atoms with van der Waals surface area (Å²) in [4.78, 5) is 35.7. The summed E-state index contributed by atoms with van der Waals surface area (Å²) >= 11 is 0.919. The van der Waals surface area contributed by atoms with E-state index in [9.17, 15) is 14.4 Å². The number of nitrogens with one attached hydrogen (secondary N) is 2. The van der Waals surface area contributed by atoms with Crippen LogP contribution < -0.4 is 10.6 Å². The number of thioether (sulfide) groups is 1. The van der Waals surface area contributed by atoms with Gasteiger partial charge in [-0.25, -0.2) is 0 Å². The standard InChI is InChI=1S/C19H28N2O3S/c1-5-15-8-6-7-9-16(15)21-17(22)12-25-18(23)11-20-19(24)14(4)10-13(2)3/h6-9,13-14H,5,10-12H2,1-4H3,(H,20,24)(H,21,22)/t14-/m0/s1. The van der Waals surface area contributed by atoms with Gasteiger partial charge in [-0.3, -0.25) is 14.4 Å². The molecule has 0 aliphatic carbocycles. The van der Waals surface area contributed by atoms with Crippen molar-refractivity contribution in [1.29, 1.82) is 0 Å². The van der Waals surface area contributed by atoms with Gasteiger partial charge in [0, 0.05) is 11.6 Å². The third-order valence-electron chi connectivity index (χ3n) is 3.72. The summed E-state index contributed by atoms with van der Waals surface area (Å²) in [6.07, 6.45) is 1.61. The van der Waals surface area contributed by atoms with Gasteiger partial charge in [0.25, 0.3) is 0 Å². The van der Waals surface area contributed by atoms with E-state index < -0.39 is 0 Å². The van der Waals surface area contributed by atoms with E-state index in [0.717, 1.165) is 35.9 Å². The first-order valence-corrected chi connectivity index (χ1v) is 9.63. The van der Waals surface area contributed by atoms with Crippen LogP contribution in [-0.2, 0) is 20.8 Å². The van der Waals surface area contributed by atoms with E-state index in [2.05, 4.69) is 24.5 Å². The first kappa shape index (κ1) is 21.2. The van der Waals surface area contributed by atoms with Gasteiger partial charge in [0.05, 0.1) is 12.3 Å². The molecule has 0 fully saturated rings. The first-order valence-electron chi connectivity index (χ1n) is 8.64. The van der Waals surface area contributed by atoms with Gasteiger partial charge >= 0.3 is 0 Å². The van der Waals surface area contributed by atoms with Crippen molar-refractivity contribution < 1.29 is 14.4 Å². The fourth-order valence-electron chi connectivity index (χ4n) is 2.48. The smallest absolute Gasteiger partial charge is 0.234 e. The fraction of sp³-hybridized carbons (Fsp3) is 0.526. The maximum absolute atomic E-state index is 12.0. The number of carbonyl (C=O) groups excluding carboxylic acids is 3. The minimum Gasteiger partial charge on any atom is -0.348 e. The molecule has 25 heavy (non-hydrogen) atoms. The Balaban J connectivity index is 2.34. The van der Waals surface area contributed by atoms with E-state index in [1.807, 2.05) is 38.1 Å². The van der Waals surface area contributed by atoms with Crippen molar-refractivity contribution in [2.45, 2.75) is 40.5 Å². The van der Waals surface area contributed by atoms with Crippen molar-refractivity contribution in [3.05, 3.63) is 29.8 Å². The van der Waals surface area contributed by atoms with Crippen LogP contribution in [0.4, 0.5) is 5.69 Å². The Hall–Kier alpha value is -1.82. The lowest BCUT2D eigenvalue weighted by Gasteiger charge is -2.13. The summed E-state index contributed by atoms with van der Waals surface area (Å²) in [7, 11) is 0. The second-order valence-electron chi connectivity index (χ2n) is 6.47. The molecular weight excluding hydrogens is 336 g/mol. The van der Waals surface area contributed by atoms with E-state index in [1.54, 1.807) is 0 Å². The Morgan fingerprint density at radius 2 is 1.80 bits per heavy atom. The zero-order valence-electron chi connectivity index (χ0n) is 15.4. The summed E-state index contributed by atoms with van der Waals surface area (Å²) < 4.78 is 0. The Kier molecular flexibility index (Phi) is 9.27. The van der Waals surface area contributed by atoms with Gasteiger partial charge in [-0.1, -0.05) is 57.7 Å². The molecule has 5 nitrogen and oxygen atoms in total. The number of hydrogen-bond acceptors (Lipinski definition) is 4. The van der Waals surface area contributed by atoms with Gasteiger partial charge in [-0.15, -0.1) is 0 Å². The second kappa shape index (κ2) is 10.9. The van der Waals surface area contributed by atoms with Crippen LogP contribution in [-0.4, -0.2) is 29.2 Å². The highest BCUT2D eigenvalue weighted by Crippen LogP contribution is 2.16. The molecule has 1 aromatic carbocycles. The molecule has 0 saturated carbocycles. The van der Waals surface area contributed by atoms with Crippen molar-refractivity contribution in [3.8, 4) is 0 Å². The van der Waals surface area contributed by atoms with Crippen LogP contribution in [0.3, 0.4) is 0 Å². The van der Waals surface area contributed by atoms with Gasteiger partial charge in [-0.05, 0) is 30.4 Å². The minimum absolute atomic E-state index is 0.0360. The number of anilines is 1. The highest BCUT2D eigenvalue weighted by atomic mass is 32.2. The Morgan fingerprint density at radius 3 is 2.44 bits per heavy atom. The predicted octanol–water partition coefficient (Wildman–Crippen LogP) is 3.25. The molecule has 1 atom stereocenters. The summed E-state index contributed by atoms with van der Waals surface area (Å²) in [5.74, 6) is 0.00350. The molecule has 0 saturated heterocycles. The molecule has 0 radical (unpaired) electrons. The van der Waals surface area contributed by atoms with E-state index in [4.69, 9.17) is 0 Å². The minimum atomic E-state index is -0.223. The van der Waals surface area contributed by atoms with Crippen molar-refractivity contribution in [1.82, 2.24) is 5.32 Å². The van der Waals surface area contributed by atoms with Crippen molar-refractivity contribution in [2.24, 2.45) is 11.8 Å². The maximum atomic E-state index is 12.0. The normalized spacial score (nSPS) is 11.9. The third-order valence-corrected chi connectivity index (χ3v) is 4.59. The lowest BCUT2D eigenvalue weighted by Crippen LogP contribution is -2.33. The van der Waals surface area contributed by atoms with Crippen LogP contribution in [0.2, 0.25) is 0 Å². The number of aryl methyl sites for hydroxylation is 1. The molecular formula is C19H28N2O3S. The van der Waals surface area contributed by atoms with Gasteiger partial charge in [0.1, 0.15) is 0 Å². The van der Waals surface area contributed by atoms with Crippen molar-refractivity contribution in [3.63, 3.8) is 0 Å². The SMILES string of the molecule is CCc1ccccc1NC(=O)CSC(=O)CNC(=O)[C@@H](C)CC(C)C.